The van der Waals surface area contributed by atoms with Crippen molar-refractivity contribution in [1.82, 2.24) is 14.8 Å². The minimum Gasteiger partial charge on any atom is -0.444 e. The van der Waals surface area contributed by atoms with E-state index in [4.69, 9.17) is 4.74 Å². The Morgan fingerprint density at radius 3 is 2.50 bits per heavy atom. The molecule has 0 unspecified atom stereocenters. The van der Waals surface area contributed by atoms with Crippen LogP contribution in [-0.4, -0.2) is 32.4 Å². The van der Waals surface area contributed by atoms with E-state index in [-0.39, 0.29) is 5.69 Å². The van der Waals surface area contributed by atoms with Crippen molar-refractivity contribution < 1.29 is 18.7 Å². The Labute approximate surface area is 197 Å². The van der Waals surface area contributed by atoms with Crippen LogP contribution in [0.5, 0.6) is 0 Å². The molecule has 178 valence electrons. The number of hydrogen-bond donors (Lipinski definition) is 2. The number of carbonyl (C=O) groups is 2. The van der Waals surface area contributed by atoms with Gasteiger partial charge in [-0.3, -0.25) is 10.1 Å². The quantitative estimate of drug-likeness (QED) is 0.537. The number of rotatable bonds is 4. The average molecular weight is 466 g/mol. The van der Waals surface area contributed by atoms with Crippen LogP contribution in [0, 0.1) is 5.82 Å². The Balaban J connectivity index is 1.47. The van der Waals surface area contributed by atoms with Crippen molar-refractivity contribution in [2.24, 2.45) is 0 Å². The fraction of sp³-hybridized carbons (Fsp3) is 0.360. The molecular weight excluding hydrogens is 437 g/mol. The number of halogens is 1. The molecule has 0 saturated carbocycles. The molecule has 0 aliphatic carbocycles. The second-order valence-corrected chi connectivity index (χ2v) is 9.26. The summed E-state index contributed by atoms with van der Waals surface area (Å²) < 4.78 is 21.8. The average Bonchev–Trinajstić information content (AvgIpc) is 3.02. The minimum atomic E-state index is -0.618. The predicted molar refractivity (Wildman–Crippen MR) is 127 cm³/mol. The Morgan fingerprint density at radius 2 is 1.76 bits per heavy atom. The highest BCUT2D eigenvalue weighted by atomic mass is 19.1. The Morgan fingerprint density at radius 1 is 1.00 bits per heavy atom. The molecule has 0 atom stereocenters. The lowest BCUT2D eigenvalue weighted by atomic mass is 10.1. The van der Waals surface area contributed by atoms with Crippen LogP contribution in [0.25, 0.3) is 11.4 Å². The third-order valence-corrected chi connectivity index (χ3v) is 5.37. The van der Waals surface area contributed by atoms with E-state index < -0.39 is 23.4 Å². The van der Waals surface area contributed by atoms with Crippen molar-refractivity contribution >= 4 is 23.4 Å². The molecule has 2 N–H and O–H groups in total. The van der Waals surface area contributed by atoms with Crippen LogP contribution in [0.15, 0.2) is 42.5 Å². The lowest BCUT2D eigenvalue weighted by Gasteiger charge is -2.19. The summed E-state index contributed by atoms with van der Waals surface area (Å²) in [6.45, 7) is 6.13. The molecule has 9 heteroatoms. The van der Waals surface area contributed by atoms with Crippen LogP contribution in [0.2, 0.25) is 0 Å². The number of carbonyl (C=O) groups excluding carboxylic acids is 2. The number of hydrogen-bond acceptors (Lipinski definition) is 5. The first-order valence-electron chi connectivity index (χ1n) is 11.3. The van der Waals surface area contributed by atoms with Gasteiger partial charge in [-0.2, -0.15) is 0 Å². The van der Waals surface area contributed by atoms with Crippen molar-refractivity contribution in [1.29, 1.82) is 0 Å². The molecule has 2 heterocycles. The normalized spacial score (nSPS) is 13.5. The van der Waals surface area contributed by atoms with Crippen LogP contribution in [0.3, 0.4) is 0 Å². The van der Waals surface area contributed by atoms with E-state index in [1.165, 1.54) is 6.07 Å². The standard InChI is InChI=1S/C25H28FN5O3/c1-25(2,3)34-24(33)27-18-11-8-16(9-12-18)23(32)28-20-15-17(10-13-19(20)26)22-30-29-21-7-5-4-6-14-31(21)22/h8-13,15H,4-7,14H2,1-3H3,(H,27,33)(H,28,32). The molecule has 1 aromatic heterocycles. The zero-order chi connectivity index (χ0) is 24.3. The number of anilines is 2. The fourth-order valence-electron chi connectivity index (χ4n) is 3.78. The summed E-state index contributed by atoms with van der Waals surface area (Å²) in [4.78, 5) is 24.6. The van der Waals surface area contributed by atoms with Crippen LogP contribution < -0.4 is 10.6 Å². The number of nitrogens with zero attached hydrogens (tertiary/aromatic N) is 3. The SMILES string of the molecule is CC(C)(C)OC(=O)Nc1ccc(C(=O)Nc2cc(-c3nnc4n3CCCCC4)ccc2F)cc1. The second kappa shape index (κ2) is 9.62. The van der Waals surface area contributed by atoms with E-state index >= 15 is 0 Å². The number of ether oxygens (including phenoxy) is 1. The van der Waals surface area contributed by atoms with E-state index in [9.17, 15) is 14.0 Å². The number of aryl methyl sites for hydroxylation is 1. The Kier molecular flexibility index (Phi) is 6.63. The summed E-state index contributed by atoms with van der Waals surface area (Å²) in [6, 6.07) is 10.8. The fourth-order valence-corrected chi connectivity index (χ4v) is 3.78. The van der Waals surface area contributed by atoms with Gasteiger partial charge in [-0.1, -0.05) is 6.42 Å². The van der Waals surface area contributed by atoms with Crippen molar-refractivity contribution in [3.8, 4) is 11.4 Å². The summed E-state index contributed by atoms with van der Waals surface area (Å²) >= 11 is 0. The lowest BCUT2D eigenvalue weighted by Crippen LogP contribution is -2.27. The summed E-state index contributed by atoms with van der Waals surface area (Å²) in [5.74, 6) is 0.586. The zero-order valence-corrected chi connectivity index (χ0v) is 19.5. The highest BCUT2D eigenvalue weighted by Crippen LogP contribution is 2.27. The number of fused-ring (bicyclic) bond motifs is 1. The van der Waals surface area contributed by atoms with Gasteiger partial charge in [0.2, 0.25) is 0 Å². The third-order valence-electron chi connectivity index (χ3n) is 5.37. The molecule has 0 fully saturated rings. The third kappa shape index (κ3) is 5.59. The van der Waals surface area contributed by atoms with Gasteiger partial charge in [-0.15, -0.1) is 10.2 Å². The summed E-state index contributed by atoms with van der Waals surface area (Å²) in [7, 11) is 0. The first-order valence-corrected chi connectivity index (χ1v) is 11.3. The molecule has 0 spiro atoms. The molecule has 0 saturated heterocycles. The van der Waals surface area contributed by atoms with E-state index in [0.29, 0.717) is 22.6 Å². The van der Waals surface area contributed by atoms with Crippen molar-refractivity contribution in [2.75, 3.05) is 10.6 Å². The number of aromatic nitrogens is 3. The largest absolute Gasteiger partial charge is 0.444 e. The van der Waals surface area contributed by atoms with E-state index in [1.54, 1.807) is 57.2 Å². The number of nitrogens with one attached hydrogen (secondary N) is 2. The first kappa shape index (κ1) is 23.4. The van der Waals surface area contributed by atoms with Crippen LogP contribution in [-0.2, 0) is 17.7 Å². The minimum absolute atomic E-state index is 0.0597. The van der Waals surface area contributed by atoms with Gasteiger partial charge in [0, 0.05) is 29.8 Å². The maximum atomic E-state index is 14.5. The number of benzene rings is 2. The van der Waals surface area contributed by atoms with E-state index in [2.05, 4.69) is 25.4 Å². The molecule has 1 aliphatic heterocycles. The van der Waals surface area contributed by atoms with Gasteiger partial charge in [-0.05, 0) is 76.1 Å². The molecule has 1 aliphatic rings. The van der Waals surface area contributed by atoms with Crippen molar-refractivity contribution in [3.05, 3.63) is 59.7 Å². The first-order chi connectivity index (χ1) is 16.2. The van der Waals surface area contributed by atoms with Crippen LogP contribution in [0.4, 0.5) is 20.6 Å². The van der Waals surface area contributed by atoms with Crippen molar-refractivity contribution in [2.45, 2.75) is 58.6 Å². The maximum absolute atomic E-state index is 14.5. The second-order valence-electron chi connectivity index (χ2n) is 9.26. The van der Waals surface area contributed by atoms with E-state index in [1.807, 2.05) is 0 Å². The van der Waals surface area contributed by atoms with Gasteiger partial charge in [-0.25, -0.2) is 9.18 Å². The smallest absolute Gasteiger partial charge is 0.412 e. The molecule has 0 radical (unpaired) electrons. The molecule has 3 aromatic rings. The highest BCUT2D eigenvalue weighted by molar-refractivity contribution is 6.05. The van der Waals surface area contributed by atoms with Gasteiger partial charge in [0.1, 0.15) is 17.2 Å². The number of amides is 2. The molecule has 34 heavy (non-hydrogen) atoms. The molecule has 2 aromatic carbocycles. The zero-order valence-electron chi connectivity index (χ0n) is 19.5. The van der Waals surface area contributed by atoms with Gasteiger partial charge in [0.25, 0.3) is 5.91 Å². The Hall–Kier alpha value is -3.75. The lowest BCUT2D eigenvalue weighted by molar-refractivity contribution is 0.0636. The van der Waals surface area contributed by atoms with Gasteiger partial charge >= 0.3 is 6.09 Å². The summed E-state index contributed by atoms with van der Waals surface area (Å²) in [5.41, 5.74) is 0.925. The molecule has 4 rings (SSSR count). The molecule has 2 amide bonds. The topological polar surface area (TPSA) is 98.1 Å². The van der Waals surface area contributed by atoms with Gasteiger partial charge < -0.3 is 14.6 Å². The molecule has 0 bridgehead atoms. The molecular formula is C25H28FN5O3. The summed E-state index contributed by atoms with van der Waals surface area (Å²) in [5, 5.41) is 13.8. The van der Waals surface area contributed by atoms with Crippen LogP contribution in [0.1, 0.15) is 56.2 Å². The van der Waals surface area contributed by atoms with Crippen molar-refractivity contribution in [3.63, 3.8) is 0 Å². The van der Waals surface area contributed by atoms with Crippen LogP contribution >= 0.6 is 0 Å². The monoisotopic (exact) mass is 465 g/mol. The summed E-state index contributed by atoms with van der Waals surface area (Å²) in [6.07, 6.45) is 3.54. The van der Waals surface area contributed by atoms with E-state index in [0.717, 1.165) is 38.1 Å². The maximum Gasteiger partial charge on any atom is 0.412 e. The highest BCUT2D eigenvalue weighted by Gasteiger charge is 2.19. The Bertz CT molecular complexity index is 1200. The molecule has 8 nitrogen and oxygen atoms in total. The van der Waals surface area contributed by atoms with Gasteiger partial charge in [0.05, 0.1) is 5.69 Å². The van der Waals surface area contributed by atoms with Gasteiger partial charge in [0.15, 0.2) is 5.82 Å². The predicted octanol–water partition coefficient (Wildman–Crippen LogP) is 5.41.